The maximum atomic E-state index is 10.5. The predicted octanol–water partition coefficient (Wildman–Crippen LogP) is 2.75. The monoisotopic (exact) mass is 388 g/mol. The van der Waals surface area contributed by atoms with E-state index in [1.54, 1.807) is 36.4 Å². The maximum absolute atomic E-state index is 10.5. The third-order valence-electron chi connectivity index (χ3n) is 4.14. The number of methoxy groups -OCH3 is 3. The van der Waals surface area contributed by atoms with Gasteiger partial charge in [0.1, 0.15) is 12.4 Å². The average molecular weight is 388 g/mol. The van der Waals surface area contributed by atoms with Crippen LogP contribution in [0, 0.1) is 0 Å². The number of hydrogen-bond acceptors (Lipinski definition) is 7. The number of rotatable bonds is 10. The highest BCUT2D eigenvalue weighted by atomic mass is 16.6. The topological polar surface area (TPSA) is 94.5 Å². The Morgan fingerprint density at radius 3 is 2.36 bits per heavy atom. The molecular formula is C21H24O7. The molecule has 0 saturated carbocycles. The van der Waals surface area contributed by atoms with Crippen molar-refractivity contribution in [3.63, 3.8) is 0 Å². The van der Waals surface area contributed by atoms with Crippen molar-refractivity contribution in [2.45, 2.75) is 12.2 Å². The molecule has 28 heavy (non-hydrogen) atoms. The number of aliphatic hydroxyl groups excluding tert-OH is 1. The molecule has 2 aromatic rings. The number of allylic oxidation sites excluding steroid dienone is 1. The van der Waals surface area contributed by atoms with Crippen molar-refractivity contribution in [1.82, 2.24) is 0 Å². The summed E-state index contributed by atoms with van der Waals surface area (Å²) < 4.78 is 22.0. The number of aldehydes is 1. The number of benzene rings is 2. The van der Waals surface area contributed by atoms with Gasteiger partial charge in [-0.3, -0.25) is 4.79 Å². The Bertz CT molecular complexity index is 816. The average Bonchev–Trinajstić information content (AvgIpc) is 2.73. The van der Waals surface area contributed by atoms with Crippen molar-refractivity contribution >= 4 is 12.4 Å². The molecule has 0 radical (unpaired) electrons. The number of phenolic OH excluding ortho intramolecular Hbond substituents is 1. The summed E-state index contributed by atoms with van der Waals surface area (Å²) in [5, 5.41) is 19.7. The molecule has 0 unspecified atom stereocenters. The number of phenols is 1. The van der Waals surface area contributed by atoms with E-state index in [0.717, 1.165) is 5.56 Å². The minimum atomic E-state index is -0.746. The highest BCUT2D eigenvalue weighted by Gasteiger charge is 2.26. The molecule has 0 amide bonds. The van der Waals surface area contributed by atoms with E-state index in [0.29, 0.717) is 29.1 Å². The van der Waals surface area contributed by atoms with Crippen LogP contribution in [0.15, 0.2) is 42.5 Å². The molecule has 2 aromatic carbocycles. The molecule has 0 aliphatic rings. The van der Waals surface area contributed by atoms with E-state index in [4.69, 9.17) is 18.9 Å². The van der Waals surface area contributed by atoms with Gasteiger partial charge in [-0.1, -0.05) is 18.2 Å². The van der Waals surface area contributed by atoms with Crippen molar-refractivity contribution in [3.05, 3.63) is 53.6 Å². The highest BCUT2D eigenvalue weighted by Crippen LogP contribution is 2.35. The SMILES string of the molecule is COc1cc([C@@H](OC)[C@@H](CO)Oc2ccc(/C=C/C=O)cc2OC)ccc1O. The standard InChI is InChI=1S/C21H24O7/c1-25-18-12-15(7-8-16(18)24)21(27-3)20(13-23)28-17-9-6-14(5-4-10-22)11-19(17)26-2/h4-12,20-21,23-24H,13H2,1-3H3/b5-4+/t20-,21-/m1/s1. The molecule has 0 aliphatic carbocycles. The van der Waals surface area contributed by atoms with Gasteiger partial charge < -0.3 is 29.2 Å². The number of ether oxygens (including phenoxy) is 4. The Morgan fingerprint density at radius 1 is 1.00 bits per heavy atom. The molecule has 0 saturated heterocycles. The van der Waals surface area contributed by atoms with Gasteiger partial charge in [0.25, 0.3) is 0 Å². The second kappa shape index (κ2) is 10.3. The van der Waals surface area contributed by atoms with Crippen LogP contribution in [0.4, 0.5) is 0 Å². The van der Waals surface area contributed by atoms with E-state index < -0.39 is 12.2 Å². The first-order chi connectivity index (χ1) is 13.6. The van der Waals surface area contributed by atoms with Crippen LogP contribution >= 0.6 is 0 Å². The van der Waals surface area contributed by atoms with Crippen molar-refractivity contribution < 1.29 is 34.0 Å². The second-order valence-electron chi connectivity index (χ2n) is 5.83. The van der Waals surface area contributed by atoms with Crippen LogP contribution in [0.5, 0.6) is 23.0 Å². The van der Waals surface area contributed by atoms with E-state index in [-0.39, 0.29) is 12.4 Å². The van der Waals surface area contributed by atoms with Gasteiger partial charge in [-0.25, -0.2) is 0 Å². The molecule has 2 rings (SSSR count). The lowest BCUT2D eigenvalue weighted by molar-refractivity contribution is -0.104. The molecule has 0 fully saturated rings. The first-order valence-corrected chi connectivity index (χ1v) is 8.55. The van der Waals surface area contributed by atoms with Gasteiger partial charge in [0.2, 0.25) is 0 Å². The minimum absolute atomic E-state index is 0.00297. The van der Waals surface area contributed by atoms with Crippen molar-refractivity contribution in [1.29, 1.82) is 0 Å². The van der Waals surface area contributed by atoms with Crippen LogP contribution in [0.2, 0.25) is 0 Å². The van der Waals surface area contributed by atoms with Gasteiger partial charge in [0.05, 0.1) is 20.8 Å². The summed E-state index contributed by atoms with van der Waals surface area (Å²) in [6.45, 7) is -0.322. The predicted molar refractivity (Wildman–Crippen MR) is 104 cm³/mol. The lowest BCUT2D eigenvalue weighted by atomic mass is 10.0. The van der Waals surface area contributed by atoms with Gasteiger partial charge in [0, 0.05) is 7.11 Å². The Labute approximate surface area is 163 Å². The van der Waals surface area contributed by atoms with E-state index >= 15 is 0 Å². The summed E-state index contributed by atoms with van der Waals surface area (Å²) in [6, 6.07) is 9.95. The molecule has 0 spiro atoms. The third kappa shape index (κ3) is 5.03. The van der Waals surface area contributed by atoms with Gasteiger partial charge in [-0.05, 0) is 41.5 Å². The zero-order valence-electron chi connectivity index (χ0n) is 16.0. The van der Waals surface area contributed by atoms with Crippen molar-refractivity contribution in [2.75, 3.05) is 27.9 Å². The molecule has 7 heteroatoms. The lowest BCUT2D eigenvalue weighted by Gasteiger charge is -2.27. The largest absolute Gasteiger partial charge is 0.504 e. The van der Waals surface area contributed by atoms with Crippen molar-refractivity contribution in [2.24, 2.45) is 0 Å². The van der Waals surface area contributed by atoms with E-state index in [2.05, 4.69) is 0 Å². The first kappa shape index (κ1) is 21.3. The summed E-state index contributed by atoms with van der Waals surface area (Å²) in [5.41, 5.74) is 1.43. The van der Waals surface area contributed by atoms with Crippen LogP contribution in [0.1, 0.15) is 17.2 Å². The number of carbonyl (C=O) groups is 1. The van der Waals surface area contributed by atoms with Crippen LogP contribution < -0.4 is 14.2 Å². The van der Waals surface area contributed by atoms with Gasteiger partial charge >= 0.3 is 0 Å². The summed E-state index contributed by atoms with van der Waals surface area (Å²) >= 11 is 0. The van der Waals surface area contributed by atoms with Gasteiger partial charge in [-0.2, -0.15) is 0 Å². The maximum Gasteiger partial charge on any atom is 0.161 e. The van der Waals surface area contributed by atoms with Crippen LogP contribution in [0.25, 0.3) is 6.08 Å². The first-order valence-electron chi connectivity index (χ1n) is 8.55. The second-order valence-corrected chi connectivity index (χ2v) is 5.83. The summed E-state index contributed by atoms with van der Waals surface area (Å²) in [5.74, 6) is 1.16. The summed E-state index contributed by atoms with van der Waals surface area (Å²) in [6.07, 6.45) is 2.34. The quantitative estimate of drug-likeness (QED) is 0.477. The molecule has 0 bridgehead atoms. The summed E-state index contributed by atoms with van der Waals surface area (Å²) in [4.78, 5) is 10.5. The molecule has 0 aromatic heterocycles. The van der Waals surface area contributed by atoms with Crippen LogP contribution in [0.3, 0.4) is 0 Å². The molecule has 7 nitrogen and oxygen atoms in total. The number of aliphatic hydroxyl groups is 1. The van der Waals surface area contributed by atoms with Crippen molar-refractivity contribution in [3.8, 4) is 23.0 Å². The molecular weight excluding hydrogens is 364 g/mol. The number of hydrogen-bond donors (Lipinski definition) is 2. The lowest BCUT2D eigenvalue weighted by Crippen LogP contribution is -2.30. The Balaban J connectivity index is 2.31. The summed E-state index contributed by atoms with van der Waals surface area (Å²) in [7, 11) is 4.45. The molecule has 2 N–H and O–H groups in total. The normalized spacial score (nSPS) is 13.1. The number of carbonyl (C=O) groups excluding carboxylic acids is 1. The fourth-order valence-corrected chi connectivity index (χ4v) is 2.77. The van der Waals surface area contributed by atoms with Gasteiger partial charge in [0.15, 0.2) is 29.1 Å². The molecule has 0 heterocycles. The fraction of sp³-hybridized carbons (Fsp3) is 0.286. The minimum Gasteiger partial charge on any atom is -0.504 e. The smallest absolute Gasteiger partial charge is 0.161 e. The Hall–Kier alpha value is -3.03. The molecule has 0 aliphatic heterocycles. The third-order valence-corrected chi connectivity index (χ3v) is 4.14. The zero-order chi connectivity index (χ0) is 20.5. The van der Waals surface area contributed by atoms with Crippen LogP contribution in [-0.4, -0.2) is 50.5 Å². The fourth-order valence-electron chi connectivity index (χ4n) is 2.77. The van der Waals surface area contributed by atoms with E-state index in [1.165, 1.54) is 33.5 Å². The van der Waals surface area contributed by atoms with Crippen LogP contribution in [-0.2, 0) is 9.53 Å². The van der Waals surface area contributed by atoms with E-state index in [9.17, 15) is 15.0 Å². The van der Waals surface area contributed by atoms with Gasteiger partial charge in [-0.15, -0.1) is 0 Å². The Kier molecular flexibility index (Phi) is 7.86. The Morgan fingerprint density at radius 2 is 1.75 bits per heavy atom. The highest BCUT2D eigenvalue weighted by molar-refractivity contribution is 5.74. The number of aromatic hydroxyl groups is 1. The molecule has 2 atom stereocenters. The zero-order valence-corrected chi connectivity index (χ0v) is 16.0. The van der Waals surface area contributed by atoms with E-state index in [1.807, 2.05) is 0 Å². The molecule has 150 valence electrons.